The molecule has 0 aromatic carbocycles. The first-order chi connectivity index (χ1) is 6.40. The van der Waals surface area contributed by atoms with Gasteiger partial charge in [0.25, 0.3) is 0 Å². The van der Waals surface area contributed by atoms with Crippen LogP contribution in [0, 0.1) is 0 Å². The molecule has 1 atom stereocenters. The minimum Gasteiger partial charge on any atom is -0.457 e. The highest BCUT2D eigenvalue weighted by Gasteiger charge is 2.30. The van der Waals surface area contributed by atoms with Gasteiger partial charge >= 0.3 is 13.5 Å². The standard InChI is InChI=1S/C9H20O3PSi/c1-6-11-9(8-14(3,4)5)13(10)12-7-2/h8H,6-7H2,1-5H3/q+1/b9-8+. The number of rotatable bonds is 6. The summed E-state index contributed by atoms with van der Waals surface area (Å²) in [5.74, 6) is 0. The average molecular weight is 235 g/mol. The molecule has 3 nitrogen and oxygen atoms in total. The zero-order chi connectivity index (χ0) is 11.2. The lowest BCUT2D eigenvalue weighted by molar-refractivity contribution is 0.240. The zero-order valence-electron chi connectivity index (χ0n) is 9.66. The van der Waals surface area contributed by atoms with E-state index in [-0.39, 0.29) is 0 Å². The monoisotopic (exact) mass is 235 g/mol. The molecule has 0 heterocycles. The quantitative estimate of drug-likeness (QED) is 0.401. The van der Waals surface area contributed by atoms with Crippen LogP contribution in [0.25, 0.3) is 0 Å². The molecule has 0 aliphatic rings. The van der Waals surface area contributed by atoms with E-state index >= 15 is 0 Å². The van der Waals surface area contributed by atoms with Crippen LogP contribution in [0.5, 0.6) is 0 Å². The fourth-order valence-electron chi connectivity index (χ4n) is 0.846. The van der Waals surface area contributed by atoms with E-state index in [1.807, 2.05) is 19.5 Å². The lowest BCUT2D eigenvalue weighted by Crippen LogP contribution is -2.17. The maximum Gasteiger partial charge on any atom is 0.587 e. The lowest BCUT2D eigenvalue weighted by Gasteiger charge is -2.08. The van der Waals surface area contributed by atoms with Gasteiger partial charge in [-0.3, -0.25) is 0 Å². The van der Waals surface area contributed by atoms with Crippen molar-refractivity contribution in [3.8, 4) is 0 Å². The first-order valence-electron chi connectivity index (χ1n) is 4.86. The van der Waals surface area contributed by atoms with Crippen LogP contribution < -0.4 is 0 Å². The Bertz CT molecular complexity index is 221. The number of ether oxygens (including phenoxy) is 1. The van der Waals surface area contributed by atoms with Gasteiger partial charge in [0.05, 0.1) is 14.7 Å². The molecule has 82 valence electrons. The van der Waals surface area contributed by atoms with Gasteiger partial charge in [0, 0.05) is 0 Å². The van der Waals surface area contributed by atoms with Gasteiger partial charge in [-0.15, -0.1) is 4.52 Å². The Kier molecular flexibility index (Phi) is 6.25. The highest BCUT2D eigenvalue weighted by atomic mass is 31.1. The molecule has 14 heavy (non-hydrogen) atoms. The van der Waals surface area contributed by atoms with E-state index in [1.54, 1.807) is 0 Å². The van der Waals surface area contributed by atoms with Crippen LogP contribution in [0.3, 0.4) is 0 Å². The Balaban J connectivity index is 4.58. The molecule has 0 aromatic rings. The fourth-order valence-corrected chi connectivity index (χ4v) is 3.85. The average Bonchev–Trinajstić information content (AvgIpc) is 2.01. The maximum atomic E-state index is 11.6. The normalized spacial score (nSPS) is 14.1. The maximum absolute atomic E-state index is 11.6. The molecular weight excluding hydrogens is 215 g/mol. The van der Waals surface area contributed by atoms with Crippen molar-refractivity contribution in [2.24, 2.45) is 0 Å². The Labute approximate surface area is 88.4 Å². The van der Waals surface area contributed by atoms with Crippen LogP contribution >= 0.6 is 8.03 Å². The molecule has 0 saturated heterocycles. The number of hydrogen-bond acceptors (Lipinski definition) is 3. The van der Waals surface area contributed by atoms with Crippen LogP contribution in [0.15, 0.2) is 11.2 Å². The predicted molar refractivity (Wildman–Crippen MR) is 62.3 cm³/mol. The van der Waals surface area contributed by atoms with Gasteiger partial charge in [-0.2, -0.15) is 0 Å². The van der Waals surface area contributed by atoms with Gasteiger partial charge in [0.2, 0.25) is 0 Å². The van der Waals surface area contributed by atoms with Gasteiger partial charge in [0.1, 0.15) is 6.61 Å². The molecule has 0 saturated carbocycles. The Morgan fingerprint density at radius 1 is 1.29 bits per heavy atom. The molecule has 0 bridgehead atoms. The van der Waals surface area contributed by atoms with E-state index in [2.05, 4.69) is 19.6 Å². The van der Waals surface area contributed by atoms with Crippen LogP contribution in [-0.2, 0) is 13.8 Å². The lowest BCUT2D eigenvalue weighted by atomic mass is 10.9. The van der Waals surface area contributed by atoms with E-state index in [9.17, 15) is 4.57 Å². The van der Waals surface area contributed by atoms with Crippen molar-refractivity contribution < 1.29 is 13.8 Å². The molecule has 0 radical (unpaired) electrons. The third-order valence-electron chi connectivity index (χ3n) is 1.28. The third-order valence-corrected chi connectivity index (χ3v) is 3.76. The third kappa shape index (κ3) is 6.30. The van der Waals surface area contributed by atoms with Gasteiger partial charge in [-0.05, 0) is 24.1 Å². The van der Waals surface area contributed by atoms with Crippen molar-refractivity contribution >= 4 is 16.1 Å². The summed E-state index contributed by atoms with van der Waals surface area (Å²) in [5, 5.41) is 0. The SMILES string of the molecule is CCO/C(=C\[Si](C)(C)C)[P+](=O)OCC. The summed E-state index contributed by atoms with van der Waals surface area (Å²) >= 11 is 0. The largest absolute Gasteiger partial charge is 0.587 e. The summed E-state index contributed by atoms with van der Waals surface area (Å²) in [6.45, 7) is 11.2. The second kappa shape index (κ2) is 6.33. The molecule has 0 N–H and O–H groups in total. The minimum atomic E-state index is -1.79. The van der Waals surface area contributed by atoms with Crippen LogP contribution in [0.2, 0.25) is 19.6 Å². The summed E-state index contributed by atoms with van der Waals surface area (Å²) < 4.78 is 21.9. The number of hydrogen-bond donors (Lipinski definition) is 0. The second-order valence-corrected chi connectivity index (χ2v) is 10.2. The molecule has 0 aliphatic heterocycles. The van der Waals surface area contributed by atoms with Crippen molar-refractivity contribution in [1.29, 1.82) is 0 Å². The summed E-state index contributed by atoms with van der Waals surface area (Å²) in [7, 11) is -3.19. The van der Waals surface area contributed by atoms with Crippen molar-refractivity contribution in [3.05, 3.63) is 11.2 Å². The summed E-state index contributed by atoms with van der Waals surface area (Å²) in [4.78, 5) is 0. The van der Waals surface area contributed by atoms with Crippen molar-refractivity contribution in [1.82, 2.24) is 0 Å². The van der Waals surface area contributed by atoms with Gasteiger partial charge in [0.15, 0.2) is 0 Å². The van der Waals surface area contributed by atoms with E-state index < -0.39 is 16.1 Å². The molecule has 1 unspecified atom stereocenters. The van der Waals surface area contributed by atoms with Crippen molar-refractivity contribution in [3.63, 3.8) is 0 Å². The fraction of sp³-hybridized carbons (Fsp3) is 0.778. The first kappa shape index (κ1) is 13.8. The van der Waals surface area contributed by atoms with Gasteiger partial charge in [-0.1, -0.05) is 19.6 Å². The van der Waals surface area contributed by atoms with Crippen LogP contribution in [0.4, 0.5) is 0 Å². The van der Waals surface area contributed by atoms with E-state index in [4.69, 9.17) is 9.26 Å². The minimum absolute atomic E-state index is 0.450. The smallest absolute Gasteiger partial charge is 0.457 e. The molecule has 0 amide bonds. The Morgan fingerprint density at radius 3 is 2.21 bits per heavy atom. The molecule has 5 heteroatoms. The Hall–Kier alpha value is -0.183. The summed E-state index contributed by atoms with van der Waals surface area (Å²) in [6.07, 6.45) is 0. The van der Waals surface area contributed by atoms with Crippen molar-refractivity contribution in [2.75, 3.05) is 13.2 Å². The molecule has 0 rings (SSSR count). The Morgan fingerprint density at radius 2 is 1.86 bits per heavy atom. The van der Waals surface area contributed by atoms with Gasteiger partial charge < -0.3 is 4.74 Å². The van der Waals surface area contributed by atoms with Crippen molar-refractivity contribution in [2.45, 2.75) is 33.5 Å². The first-order valence-corrected chi connectivity index (χ1v) is 9.62. The zero-order valence-corrected chi connectivity index (χ0v) is 11.6. The molecule has 0 fully saturated rings. The molecule has 0 spiro atoms. The summed E-state index contributed by atoms with van der Waals surface area (Å²) in [5.41, 5.74) is 2.51. The highest BCUT2D eigenvalue weighted by Crippen LogP contribution is 2.35. The van der Waals surface area contributed by atoms with Crippen LogP contribution in [-0.4, -0.2) is 21.3 Å². The molecular formula is C9H20O3PSi+. The topological polar surface area (TPSA) is 35.5 Å². The summed E-state index contributed by atoms with van der Waals surface area (Å²) in [6, 6.07) is 0. The van der Waals surface area contributed by atoms with E-state index in [0.29, 0.717) is 18.7 Å². The molecule has 0 aromatic heterocycles. The van der Waals surface area contributed by atoms with Crippen LogP contribution in [0.1, 0.15) is 13.8 Å². The van der Waals surface area contributed by atoms with E-state index in [1.165, 1.54) is 0 Å². The van der Waals surface area contributed by atoms with E-state index in [0.717, 1.165) is 0 Å². The predicted octanol–water partition coefficient (Wildman–Crippen LogP) is 3.52. The second-order valence-electron chi connectivity index (χ2n) is 3.96. The highest BCUT2D eigenvalue weighted by molar-refractivity contribution is 7.44. The molecule has 0 aliphatic carbocycles. The van der Waals surface area contributed by atoms with Gasteiger partial charge in [-0.25, -0.2) is 0 Å².